The van der Waals surface area contributed by atoms with Gasteiger partial charge in [0, 0.05) is 24.6 Å². The first-order chi connectivity index (χ1) is 9.86. The number of aliphatic hydroxyl groups excluding tert-OH is 1. The molecule has 1 saturated heterocycles. The van der Waals surface area contributed by atoms with Crippen molar-refractivity contribution in [3.05, 3.63) is 42.1 Å². The molecule has 2 aromatic rings. The normalized spacial score (nSPS) is 20.4. The van der Waals surface area contributed by atoms with Crippen LogP contribution in [0.1, 0.15) is 31.4 Å². The average Bonchev–Trinajstić information content (AvgIpc) is 2.49. The first-order valence-corrected chi connectivity index (χ1v) is 7.56. The number of rotatable bonds is 4. The molecule has 1 atom stereocenters. The highest BCUT2D eigenvalue weighted by Gasteiger charge is 2.22. The van der Waals surface area contributed by atoms with Gasteiger partial charge in [-0.15, -0.1) is 0 Å². The largest absolute Gasteiger partial charge is 0.396 e. The van der Waals surface area contributed by atoms with Gasteiger partial charge in [-0.3, -0.25) is 9.88 Å². The third kappa shape index (κ3) is 3.00. The number of pyridine rings is 1. The minimum atomic E-state index is 0.284. The molecule has 1 aliphatic heterocycles. The summed E-state index contributed by atoms with van der Waals surface area (Å²) in [7, 11) is 0. The Balaban J connectivity index is 1.77. The van der Waals surface area contributed by atoms with Crippen LogP contribution in [0.4, 0.5) is 0 Å². The van der Waals surface area contributed by atoms with Crippen LogP contribution >= 0.6 is 0 Å². The maximum atomic E-state index is 9.20. The fraction of sp³-hybridized carbons (Fsp3) is 0.471. The van der Waals surface area contributed by atoms with E-state index in [1.165, 1.54) is 24.6 Å². The van der Waals surface area contributed by atoms with Gasteiger partial charge in [0.15, 0.2) is 0 Å². The van der Waals surface area contributed by atoms with Gasteiger partial charge in [0.2, 0.25) is 0 Å². The monoisotopic (exact) mass is 270 g/mol. The van der Waals surface area contributed by atoms with E-state index >= 15 is 0 Å². The Hall–Kier alpha value is -1.45. The van der Waals surface area contributed by atoms with Gasteiger partial charge in [-0.2, -0.15) is 0 Å². The number of aromatic nitrogens is 1. The molecule has 0 radical (unpaired) electrons. The Morgan fingerprint density at radius 1 is 1.15 bits per heavy atom. The fourth-order valence-corrected chi connectivity index (χ4v) is 3.15. The molecule has 0 unspecified atom stereocenters. The number of nitrogens with zero attached hydrogens (tertiary/aromatic N) is 2. The van der Waals surface area contributed by atoms with Crippen molar-refractivity contribution < 1.29 is 5.11 Å². The molecule has 0 bridgehead atoms. The summed E-state index contributed by atoms with van der Waals surface area (Å²) in [6.07, 6.45) is 4.63. The van der Waals surface area contributed by atoms with E-state index in [-0.39, 0.29) is 6.61 Å². The van der Waals surface area contributed by atoms with Crippen molar-refractivity contribution in [3.8, 4) is 0 Å². The first kappa shape index (κ1) is 13.5. The van der Waals surface area contributed by atoms with Crippen molar-refractivity contribution in [2.24, 2.45) is 0 Å². The minimum Gasteiger partial charge on any atom is -0.396 e. The zero-order chi connectivity index (χ0) is 13.8. The Morgan fingerprint density at radius 3 is 2.95 bits per heavy atom. The smallest absolute Gasteiger partial charge is 0.0705 e. The van der Waals surface area contributed by atoms with E-state index in [0.29, 0.717) is 6.04 Å². The SMILES string of the molecule is OCC[C@@H]1CCCCN1Cc1ccc2ccccc2n1. The number of likely N-dealkylation sites (tertiary alicyclic amines) is 1. The Labute approximate surface area is 120 Å². The van der Waals surface area contributed by atoms with Crippen molar-refractivity contribution >= 4 is 10.9 Å². The van der Waals surface area contributed by atoms with Crippen molar-refractivity contribution in [1.29, 1.82) is 0 Å². The van der Waals surface area contributed by atoms with Crippen molar-refractivity contribution in [2.45, 2.75) is 38.3 Å². The third-order valence-corrected chi connectivity index (χ3v) is 4.23. The molecule has 2 heterocycles. The maximum Gasteiger partial charge on any atom is 0.0705 e. The molecule has 3 nitrogen and oxygen atoms in total. The highest BCUT2D eigenvalue weighted by Crippen LogP contribution is 2.22. The molecule has 1 aliphatic rings. The van der Waals surface area contributed by atoms with Crippen molar-refractivity contribution in [2.75, 3.05) is 13.2 Å². The van der Waals surface area contributed by atoms with Gasteiger partial charge in [0.05, 0.1) is 11.2 Å². The van der Waals surface area contributed by atoms with Crippen LogP contribution in [0.3, 0.4) is 0 Å². The van der Waals surface area contributed by atoms with Crippen LogP contribution in [-0.4, -0.2) is 34.2 Å². The summed E-state index contributed by atoms with van der Waals surface area (Å²) in [6.45, 7) is 2.31. The molecule has 0 saturated carbocycles. The van der Waals surface area contributed by atoms with E-state index < -0.39 is 0 Å². The van der Waals surface area contributed by atoms with Crippen molar-refractivity contribution in [3.63, 3.8) is 0 Å². The number of benzene rings is 1. The van der Waals surface area contributed by atoms with Gasteiger partial charge in [-0.05, 0) is 37.9 Å². The van der Waals surface area contributed by atoms with E-state index in [2.05, 4.69) is 29.2 Å². The number of para-hydroxylation sites is 1. The molecule has 1 aromatic carbocycles. The molecule has 20 heavy (non-hydrogen) atoms. The fourth-order valence-electron chi connectivity index (χ4n) is 3.15. The lowest BCUT2D eigenvalue weighted by Gasteiger charge is -2.35. The summed E-state index contributed by atoms with van der Waals surface area (Å²) >= 11 is 0. The molecule has 1 fully saturated rings. The lowest BCUT2D eigenvalue weighted by molar-refractivity contribution is 0.111. The molecular formula is C17H22N2O. The van der Waals surface area contributed by atoms with Gasteiger partial charge < -0.3 is 5.11 Å². The summed E-state index contributed by atoms with van der Waals surface area (Å²) < 4.78 is 0. The van der Waals surface area contributed by atoms with Crippen LogP contribution in [0, 0.1) is 0 Å². The lowest BCUT2D eigenvalue weighted by Crippen LogP contribution is -2.39. The topological polar surface area (TPSA) is 36.4 Å². The van der Waals surface area contributed by atoms with Gasteiger partial charge in [-0.25, -0.2) is 0 Å². The molecule has 0 spiro atoms. The summed E-state index contributed by atoms with van der Waals surface area (Å²) in [5.74, 6) is 0. The Bertz CT molecular complexity index is 568. The highest BCUT2D eigenvalue weighted by atomic mass is 16.3. The van der Waals surface area contributed by atoms with E-state index in [0.717, 1.165) is 30.7 Å². The van der Waals surface area contributed by atoms with E-state index in [1.807, 2.05) is 12.1 Å². The molecule has 106 valence electrons. The van der Waals surface area contributed by atoms with Crippen molar-refractivity contribution in [1.82, 2.24) is 9.88 Å². The van der Waals surface area contributed by atoms with Gasteiger partial charge in [0.1, 0.15) is 0 Å². The van der Waals surface area contributed by atoms with Crippen LogP contribution in [-0.2, 0) is 6.54 Å². The number of fused-ring (bicyclic) bond motifs is 1. The van der Waals surface area contributed by atoms with Gasteiger partial charge in [0.25, 0.3) is 0 Å². The van der Waals surface area contributed by atoms with Crippen LogP contribution < -0.4 is 0 Å². The average molecular weight is 270 g/mol. The second-order valence-corrected chi connectivity index (χ2v) is 5.63. The number of piperidine rings is 1. The van der Waals surface area contributed by atoms with Crippen LogP contribution in [0.25, 0.3) is 10.9 Å². The van der Waals surface area contributed by atoms with E-state index in [9.17, 15) is 5.11 Å². The molecule has 1 aromatic heterocycles. The van der Waals surface area contributed by atoms with Crippen LogP contribution in [0.2, 0.25) is 0 Å². The van der Waals surface area contributed by atoms with Gasteiger partial charge >= 0.3 is 0 Å². The second-order valence-electron chi connectivity index (χ2n) is 5.63. The Morgan fingerprint density at radius 2 is 2.05 bits per heavy atom. The predicted octanol–water partition coefficient (Wildman–Crippen LogP) is 2.97. The zero-order valence-corrected chi connectivity index (χ0v) is 11.8. The van der Waals surface area contributed by atoms with Crippen LogP contribution in [0.5, 0.6) is 0 Å². The standard InChI is InChI=1S/C17H22N2O/c20-12-10-16-6-3-4-11-19(16)13-15-9-8-14-5-1-2-7-17(14)18-15/h1-2,5,7-9,16,20H,3-4,6,10-13H2/t16-/m0/s1. The minimum absolute atomic E-state index is 0.284. The molecular weight excluding hydrogens is 248 g/mol. The maximum absolute atomic E-state index is 9.20. The summed E-state index contributed by atoms with van der Waals surface area (Å²) in [4.78, 5) is 7.24. The molecule has 0 amide bonds. The van der Waals surface area contributed by atoms with E-state index in [4.69, 9.17) is 4.98 Å². The quantitative estimate of drug-likeness (QED) is 0.928. The highest BCUT2D eigenvalue weighted by molar-refractivity contribution is 5.78. The summed E-state index contributed by atoms with van der Waals surface area (Å²) in [5.41, 5.74) is 2.20. The van der Waals surface area contributed by atoms with Crippen LogP contribution in [0.15, 0.2) is 36.4 Å². The lowest BCUT2D eigenvalue weighted by atomic mass is 9.99. The number of aliphatic hydroxyl groups is 1. The molecule has 3 heteroatoms. The van der Waals surface area contributed by atoms with E-state index in [1.54, 1.807) is 0 Å². The molecule has 0 aliphatic carbocycles. The van der Waals surface area contributed by atoms with Gasteiger partial charge in [-0.1, -0.05) is 30.7 Å². The second kappa shape index (κ2) is 6.33. The molecule has 1 N–H and O–H groups in total. The number of hydrogen-bond donors (Lipinski definition) is 1. The summed E-state index contributed by atoms with van der Waals surface area (Å²) in [6, 6.07) is 13.1. The number of hydrogen-bond acceptors (Lipinski definition) is 3. The Kier molecular flexibility index (Phi) is 4.28. The third-order valence-electron chi connectivity index (χ3n) is 4.23. The summed E-state index contributed by atoms with van der Waals surface area (Å²) in [5, 5.41) is 10.4. The molecule has 3 rings (SSSR count). The zero-order valence-electron chi connectivity index (χ0n) is 11.8. The predicted molar refractivity (Wildman–Crippen MR) is 81.5 cm³/mol. The first-order valence-electron chi connectivity index (χ1n) is 7.56.